The summed E-state index contributed by atoms with van der Waals surface area (Å²) in [6.07, 6.45) is 2.18. The maximum absolute atomic E-state index is 7.97. The fraction of sp³-hybridized carbons (Fsp3) is 0.588. The molecule has 0 radical (unpaired) electrons. The Bertz CT molecular complexity index is 453. The zero-order valence-electron chi connectivity index (χ0n) is 13.4. The van der Waals surface area contributed by atoms with Crippen LogP contribution in [0.1, 0.15) is 44.7 Å². The van der Waals surface area contributed by atoms with Crippen LogP contribution in [0.3, 0.4) is 0 Å². The second-order valence-electron chi connectivity index (χ2n) is 6.84. The standard InChI is InChI=1S/C17H28N4/c1-17(2,3)14-6-4-13(5-7-14)12-20-16(18)21-15-8-10-19-11-9-15/h4-7,15,19H,8-12H2,1-3H3,(H3,18,20,21). The first-order chi connectivity index (χ1) is 9.95. The highest BCUT2D eigenvalue weighted by Crippen LogP contribution is 2.22. The van der Waals surface area contributed by atoms with E-state index in [1.807, 2.05) is 0 Å². The summed E-state index contributed by atoms with van der Waals surface area (Å²) in [5.74, 6) is 0.432. The van der Waals surface area contributed by atoms with Crippen LogP contribution >= 0.6 is 0 Å². The molecule has 4 nitrogen and oxygen atoms in total. The van der Waals surface area contributed by atoms with Crippen molar-refractivity contribution < 1.29 is 0 Å². The monoisotopic (exact) mass is 288 g/mol. The third-order valence-corrected chi connectivity index (χ3v) is 3.98. The van der Waals surface area contributed by atoms with Crippen molar-refractivity contribution in [3.05, 3.63) is 35.4 Å². The van der Waals surface area contributed by atoms with Crippen molar-refractivity contribution in [2.75, 3.05) is 13.1 Å². The van der Waals surface area contributed by atoms with E-state index in [9.17, 15) is 0 Å². The van der Waals surface area contributed by atoms with Gasteiger partial charge in [0, 0.05) is 12.6 Å². The van der Waals surface area contributed by atoms with Crippen LogP contribution < -0.4 is 16.0 Å². The lowest BCUT2D eigenvalue weighted by atomic mass is 9.87. The number of guanidine groups is 1. The summed E-state index contributed by atoms with van der Waals surface area (Å²) in [5.41, 5.74) is 2.74. The molecule has 0 saturated carbocycles. The van der Waals surface area contributed by atoms with Gasteiger partial charge in [-0.25, -0.2) is 0 Å². The Morgan fingerprint density at radius 3 is 2.38 bits per heavy atom. The van der Waals surface area contributed by atoms with Crippen molar-refractivity contribution in [3.63, 3.8) is 0 Å². The Labute approximate surface area is 128 Å². The third-order valence-electron chi connectivity index (χ3n) is 3.98. The third kappa shape index (κ3) is 5.05. The minimum Gasteiger partial charge on any atom is -0.354 e. The summed E-state index contributed by atoms with van der Waals surface area (Å²) in [5, 5.41) is 17.7. The molecule has 1 aliphatic rings. The Balaban J connectivity index is 1.78. The highest BCUT2D eigenvalue weighted by molar-refractivity contribution is 5.76. The Hall–Kier alpha value is -1.55. The number of piperidine rings is 1. The van der Waals surface area contributed by atoms with Gasteiger partial charge >= 0.3 is 0 Å². The lowest BCUT2D eigenvalue weighted by Crippen LogP contribution is -2.46. The molecule has 2 rings (SSSR count). The molecule has 0 aliphatic carbocycles. The van der Waals surface area contributed by atoms with E-state index in [1.54, 1.807) is 0 Å². The normalized spacial score (nSPS) is 16.5. The topological polar surface area (TPSA) is 59.9 Å². The molecule has 1 fully saturated rings. The molecule has 0 amide bonds. The Morgan fingerprint density at radius 1 is 1.19 bits per heavy atom. The van der Waals surface area contributed by atoms with Crippen LogP contribution in [0.4, 0.5) is 0 Å². The first-order valence-electron chi connectivity index (χ1n) is 7.84. The van der Waals surface area contributed by atoms with Crippen LogP contribution in [-0.2, 0) is 12.0 Å². The average Bonchev–Trinajstić information content (AvgIpc) is 2.46. The maximum Gasteiger partial charge on any atom is 0.188 e. The molecule has 1 heterocycles. The van der Waals surface area contributed by atoms with Crippen LogP contribution in [0, 0.1) is 5.41 Å². The van der Waals surface area contributed by atoms with Gasteiger partial charge in [0.15, 0.2) is 5.96 Å². The predicted octanol–water partition coefficient (Wildman–Crippen LogP) is 2.35. The number of hydrogen-bond acceptors (Lipinski definition) is 2. The molecular weight excluding hydrogens is 260 g/mol. The lowest BCUT2D eigenvalue weighted by molar-refractivity contribution is 0.425. The zero-order chi connectivity index (χ0) is 15.3. The van der Waals surface area contributed by atoms with E-state index in [-0.39, 0.29) is 5.41 Å². The smallest absolute Gasteiger partial charge is 0.188 e. The molecule has 1 aromatic carbocycles. The Kier molecular flexibility index (Phi) is 5.23. The molecule has 1 saturated heterocycles. The first-order valence-corrected chi connectivity index (χ1v) is 7.84. The van der Waals surface area contributed by atoms with E-state index in [4.69, 9.17) is 5.41 Å². The van der Waals surface area contributed by atoms with Gasteiger partial charge in [0.05, 0.1) is 0 Å². The average molecular weight is 288 g/mol. The number of benzene rings is 1. The van der Waals surface area contributed by atoms with E-state index in [2.05, 4.69) is 61.0 Å². The van der Waals surface area contributed by atoms with E-state index in [0.29, 0.717) is 18.5 Å². The molecule has 0 bridgehead atoms. The molecule has 116 valence electrons. The summed E-state index contributed by atoms with van der Waals surface area (Å²) < 4.78 is 0. The van der Waals surface area contributed by atoms with Gasteiger partial charge in [-0.05, 0) is 42.5 Å². The molecule has 0 spiro atoms. The van der Waals surface area contributed by atoms with E-state index in [1.165, 1.54) is 11.1 Å². The number of hydrogen-bond donors (Lipinski definition) is 4. The van der Waals surface area contributed by atoms with Crippen molar-refractivity contribution in [1.82, 2.24) is 16.0 Å². The van der Waals surface area contributed by atoms with Crippen molar-refractivity contribution >= 4 is 5.96 Å². The van der Waals surface area contributed by atoms with Gasteiger partial charge in [-0.3, -0.25) is 5.41 Å². The highest BCUT2D eigenvalue weighted by Gasteiger charge is 2.14. The Morgan fingerprint density at radius 2 is 1.81 bits per heavy atom. The number of rotatable bonds is 3. The van der Waals surface area contributed by atoms with Crippen molar-refractivity contribution in [2.45, 2.75) is 51.6 Å². The SMILES string of the molecule is CC(C)(C)c1ccc(CNC(=N)NC2CCNCC2)cc1. The van der Waals surface area contributed by atoms with Crippen LogP contribution in [0.15, 0.2) is 24.3 Å². The van der Waals surface area contributed by atoms with Gasteiger partial charge in [0.2, 0.25) is 0 Å². The lowest BCUT2D eigenvalue weighted by Gasteiger charge is -2.25. The van der Waals surface area contributed by atoms with Crippen LogP contribution in [-0.4, -0.2) is 25.1 Å². The quantitative estimate of drug-likeness (QED) is 0.510. The first kappa shape index (κ1) is 15.8. The summed E-state index contributed by atoms with van der Waals surface area (Å²) in [6.45, 7) is 9.44. The summed E-state index contributed by atoms with van der Waals surface area (Å²) >= 11 is 0. The number of nitrogens with one attached hydrogen (secondary N) is 4. The van der Waals surface area contributed by atoms with Gasteiger partial charge in [-0.2, -0.15) is 0 Å². The van der Waals surface area contributed by atoms with Crippen molar-refractivity contribution in [3.8, 4) is 0 Å². The molecule has 21 heavy (non-hydrogen) atoms. The molecule has 4 N–H and O–H groups in total. The largest absolute Gasteiger partial charge is 0.354 e. The molecular formula is C17H28N4. The van der Waals surface area contributed by atoms with E-state index >= 15 is 0 Å². The van der Waals surface area contributed by atoms with Crippen molar-refractivity contribution in [1.29, 1.82) is 5.41 Å². The van der Waals surface area contributed by atoms with E-state index < -0.39 is 0 Å². The van der Waals surface area contributed by atoms with Crippen LogP contribution in [0.5, 0.6) is 0 Å². The zero-order valence-corrected chi connectivity index (χ0v) is 13.4. The maximum atomic E-state index is 7.97. The predicted molar refractivity (Wildman–Crippen MR) is 88.7 cm³/mol. The second-order valence-corrected chi connectivity index (χ2v) is 6.84. The molecule has 4 heteroatoms. The van der Waals surface area contributed by atoms with Crippen molar-refractivity contribution in [2.24, 2.45) is 0 Å². The fourth-order valence-corrected chi connectivity index (χ4v) is 2.53. The second kappa shape index (κ2) is 6.94. The van der Waals surface area contributed by atoms with E-state index in [0.717, 1.165) is 25.9 Å². The van der Waals surface area contributed by atoms with Gasteiger partial charge in [-0.15, -0.1) is 0 Å². The molecule has 0 unspecified atom stereocenters. The van der Waals surface area contributed by atoms with Gasteiger partial charge < -0.3 is 16.0 Å². The van der Waals surface area contributed by atoms with Gasteiger partial charge in [0.25, 0.3) is 0 Å². The van der Waals surface area contributed by atoms with Gasteiger partial charge in [0.1, 0.15) is 0 Å². The van der Waals surface area contributed by atoms with Gasteiger partial charge in [-0.1, -0.05) is 45.0 Å². The van der Waals surface area contributed by atoms with Crippen LogP contribution in [0.2, 0.25) is 0 Å². The van der Waals surface area contributed by atoms with Crippen LogP contribution in [0.25, 0.3) is 0 Å². The highest BCUT2D eigenvalue weighted by atomic mass is 15.2. The molecule has 1 aliphatic heterocycles. The summed E-state index contributed by atoms with van der Waals surface area (Å²) in [4.78, 5) is 0. The minimum absolute atomic E-state index is 0.190. The summed E-state index contributed by atoms with van der Waals surface area (Å²) in [6, 6.07) is 9.08. The minimum atomic E-state index is 0.190. The summed E-state index contributed by atoms with van der Waals surface area (Å²) in [7, 11) is 0. The molecule has 0 atom stereocenters. The molecule has 0 aromatic heterocycles. The molecule has 1 aromatic rings. The fourth-order valence-electron chi connectivity index (χ4n) is 2.53.